The van der Waals surface area contributed by atoms with E-state index in [9.17, 15) is 0 Å². The first-order valence-corrected chi connectivity index (χ1v) is 5.41. The van der Waals surface area contributed by atoms with Crippen molar-refractivity contribution in [2.45, 2.75) is 20.0 Å². The van der Waals surface area contributed by atoms with E-state index < -0.39 is 0 Å². The molecule has 2 heterocycles. The molecule has 0 atom stereocenters. The largest absolute Gasteiger partial charge is 0.476 e. The van der Waals surface area contributed by atoms with Gasteiger partial charge in [-0.15, -0.1) is 5.10 Å². The van der Waals surface area contributed by atoms with Gasteiger partial charge < -0.3 is 10.5 Å². The van der Waals surface area contributed by atoms with Crippen LogP contribution in [-0.2, 0) is 20.1 Å². The summed E-state index contributed by atoms with van der Waals surface area (Å²) in [4.78, 5) is 0. The Morgan fingerprint density at radius 2 is 2.29 bits per heavy atom. The SMILES string of the molecule is Cc1cc(OCCn2cc(CN)nn2)n(C)n1. The van der Waals surface area contributed by atoms with Gasteiger partial charge in [-0.25, -0.2) is 9.36 Å². The number of nitrogens with two attached hydrogens (primary N) is 1. The summed E-state index contributed by atoms with van der Waals surface area (Å²) in [5.74, 6) is 0.752. The fourth-order valence-electron chi connectivity index (χ4n) is 1.51. The van der Waals surface area contributed by atoms with Crippen molar-refractivity contribution in [1.82, 2.24) is 24.8 Å². The Morgan fingerprint density at radius 1 is 1.47 bits per heavy atom. The molecule has 7 heteroatoms. The molecular formula is C10H16N6O. The number of nitrogens with zero attached hydrogens (tertiary/aromatic N) is 5. The lowest BCUT2D eigenvalue weighted by Crippen LogP contribution is -2.10. The van der Waals surface area contributed by atoms with E-state index in [4.69, 9.17) is 10.5 Å². The molecule has 0 amide bonds. The molecule has 2 N–H and O–H groups in total. The van der Waals surface area contributed by atoms with Crippen LogP contribution in [-0.4, -0.2) is 31.4 Å². The molecule has 0 radical (unpaired) electrons. The molecule has 0 aliphatic carbocycles. The minimum Gasteiger partial charge on any atom is -0.476 e. The van der Waals surface area contributed by atoms with Gasteiger partial charge >= 0.3 is 0 Å². The Kier molecular flexibility index (Phi) is 3.38. The Bertz CT molecular complexity index is 489. The van der Waals surface area contributed by atoms with Crippen LogP contribution in [0.25, 0.3) is 0 Å². The number of ether oxygens (including phenoxy) is 1. The molecule has 0 aliphatic rings. The lowest BCUT2D eigenvalue weighted by molar-refractivity contribution is 0.267. The normalized spacial score (nSPS) is 10.8. The van der Waals surface area contributed by atoms with Gasteiger partial charge in [0.25, 0.3) is 0 Å². The number of hydrogen-bond acceptors (Lipinski definition) is 5. The van der Waals surface area contributed by atoms with Crippen molar-refractivity contribution in [2.75, 3.05) is 6.61 Å². The van der Waals surface area contributed by atoms with E-state index in [1.807, 2.05) is 26.2 Å². The van der Waals surface area contributed by atoms with Crippen LogP contribution >= 0.6 is 0 Å². The lowest BCUT2D eigenvalue weighted by atomic mass is 10.5. The van der Waals surface area contributed by atoms with Gasteiger partial charge in [-0.05, 0) is 6.92 Å². The average molecular weight is 236 g/mol. The third-order valence-electron chi connectivity index (χ3n) is 2.32. The molecule has 0 saturated carbocycles. The molecule has 7 nitrogen and oxygen atoms in total. The first-order valence-electron chi connectivity index (χ1n) is 5.41. The minimum atomic E-state index is 0.405. The molecule has 0 spiro atoms. The molecule has 0 saturated heterocycles. The molecule has 0 bridgehead atoms. The Balaban J connectivity index is 1.85. The second-order valence-corrected chi connectivity index (χ2v) is 3.77. The van der Waals surface area contributed by atoms with Crippen molar-refractivity contribution in [3.05, 3.63) is 23.7 Å². The highest BCUT2D eigenvalue weighted by atomic mass is 16.5. The fraction of sp³-hybridized carbons (Fsp3) is 0.500. The summed E-state index contributed by atoms with van der Waals surface area (Å²) >= 11 is 0. The number of aromatic nitrogens is 5. The summed E-state index contributed by atoms with van der Waals surface area (Å²) in [6.07, 6.45) is 1.82. The maximum atomic E-state index is 5.59. The summed E-state index contributed by atoms with van der Waals surface area (Å²) in [5, 5.41) is 12.0. The molecule has 0 aromatic carbocycles. The topological polar surface area (TPSA) is 83.8 Å². The standard InChI is InChI=1S/C10H16N6O/c1-8-5-10(15(2)13-8)17-4-3-16-7-9(6-11)12-14-16/h5,7H,3-4,6,11H2,1-2H3. The molecule has 0 fully saturated rings. The molecular weight excluding hydrogens is 220 g/mol. The van der Waals surface area contributed by atoms with Crippen molar-refractivity contribution >= 4 is 0 Å². The van der Waals surface area contributed by atoms with Gasteiger partial charge in [-0.3, -0.25) is 0 Å². The van der Waals surface area contributed by atoms with Gasteiger partial charge in [0.05, 0.1) is 17.9 Å². The molecule has 2 aromatic rings. The minimum absolute atomic E-state index is 0.405. The Hall–Kier alpha value is -1.89. The van der Waals surface area contributed by atoms with Crippen molar-refractivity contribution in [2.24, 2.45) is 12.8 Å². The predicted octanol–water partition coefficient (Wildman–Crippen LogP) is -0.142. The third kappa shape index (κ3) is 2.82. The van der Waals surface area contributed by atoms with E-state index in [0.29, 0.717) is 19.7 Å². The summed E-state index contributed by atoms with van der Waals surface area (Å²) < 4.78 is 9.01. The molecule has 2 rings (SSSR count). The van der Waals surface area contributed by atoms with Crippen LogP contribution < -0.4 is 10.5 Å². The van der Waals surface area contributed by atoms with Crippen LogP contribution in [0.15, 0.2) is 12.3 Å². The number of rotatable bonds is 5. The van der Waals surface area contributed by atoms with Crippen LogP contribution in [0.2, 0.25) is 0 Å². The zero-order valence-corrected chi connectivity index (χ0v) is 10.00. The van der Waals surface area contributed by atoms with Gasteiger partial charge in [0.15, 0.2) is 0 Å². The van der Waals surface area contributed by atoms with E-state index in [2.05, 4.69) is 15.4 Å². The fourth-order valence-corrected chi connectivity index (χ4v) is 1.51. The predicted molar refractivity (Wildman–Crippen MR) is 61.4 cm³/mol. The van der Waals surface area contributed by atoms with Gasteiger partial charge in [-0.2, -0.15) is 5.10 Å². The molecule has 0 aliphatic heterocycles. The van der Waals surface area contributed by atoms with Crippen LogP contribution in [0.1, 0.15) is 11.4 Å². The maximum absolute atomic E-state index is 5.59. The molecule has 2 aromatic heterocycles. The summed E-state index contributed by atoms with van der Waals surface area (Å²) in [6, 6.07) is 1.90. The van der Waals surface area contributed by atoms with E-state index in [1.54, 1.807) is 9.36 Å². The van der Waals surface area contributed by atoms with Crippen LogP contribution in [0.3, 0.4) is 0 Å². The van der Waals surface area contributed by atoms with Crippen molar-refractivity contribution < 1.29 is 4.74 Å². The van der Waals surface area contributed by atoms with Crippen molar-refractivity contribution in [3.63, 3.8) is 0 Å². The highest BCUT2D eigenvalue weighted by Crippen LogP contribution is 2.10. The highest BCUT2D eigenvalue weighted by molar-refractivity contribution is 5.14. The highest BCUT2D eigenvalue weighted by Gasteiger charge is 2.03. The summed E-state index contributed by atoms with van der Waals surface area (Å²) in [6.45, 7) is 3.49. The quantitative estimate of drug-likeness (QED) is 0.781. The second kappa shape index (κ2) is 4.96. The van der Waals surface area contributed by atoms with Gasteiger partial charge in [0.1, 0.15) is 6.61 Å². The van der Waals surface area contributed by atoms with E-state index in [-0.39, 0.29) is 0 Å². The number of hydrogen-bond donors (Lipinski definition) is 1. The van der Waals surface area contributed by atoms with Crippen LogP contribution in [0.4, 0.5) is 0 Å². The van der Waals surface area contributed by atoms with E-state index in [1.165, 1.54) is 0 Å². The first-order chi connectivity index (χ1) is 8.19. The van der Waals surface area contributed by atoms with Gasteiger partial charge in [-0.1, -0.05) is 5.21 Å². The van der Waals surface area contributed by atoms with Crippen LogP contribution in [0, 0.1) is 6.92 Å². The van der Waals surface area contributed by atoms with Gasteiger partial charge in [0, 0.05) is 25.9 Å². The zero-order chi connectivity index (χ0) is 12.3. The van der Waals surface area contributed by atoms with E-state index >= 15 is 0 Å². The van der Waals surface area contributed by atoms with E-state index in [0.717, 1.165) is 17.3 Å². The van der Waals surface area contributed by atoms with Crippen LogP contribution in [0.5, 0.6) is 5.88 Å². The summed E-state index contributed by atoms with van der Waals surface area (Å²) in [5.41, 5.74) is 7.16. The second-order valence-electron chi connectivity index (χ2n) is 3.77. The smallest absolute Gasteiger partial charge is 0.211 e. The molecule has 92 valence electrons. The average Bonchev–Trinajstić information content (AvgIpc) is 2.86. The van der Waals surface area contributed by atoms with Crippen molar-refractivity contribution in [1.29, 1.82) is 0 Å². The Morgan fingerprint density at radius 3 is 2.88 bits per heavy atom. The Labute approximate surface area is 99.2 Å². The van der Waals surface area contributed by atoms with Gasteiger partial charge in [0.2, 0.25) is 5.88 Å². The monoisotopic (exact) mass is 236 g/mol. The maximum Gasteiger partial charge on any atom is 0.211 e. The lowest BCUT2D eigenvalue weighted by Gasteiger charge is -2.05. The first kappa shape index (κ1) is 11.6. The number of aryl methyl sites for hydroxylation is 2. The van der Waals surface area contributed by atoms with Crippen molar-refractivity contribution in [3.8, 4) is 5.88 Å². The summed E-state index contributed by atoms with van der Waals surface area (Å²) in [7, 11) is 1.85. The molecule has 17 heavy (non-hydrogen) atoms. The third-order valence-corrected chi connectivity index (χ3v) is 2.32. The molecule has 0 unspecified atom stereocenters. The zero-order valence-electron chi connectivity index (χ0n) is 10.00.